The van der Waals surface area contributed by atoms with Crippen LogP contribution in [0.4, 0.5) is 5.69 Å². The molecule has 0 aliphatic heterocycles. The number of nitrogens with two attached hydrogens (primary N) is 1. The fourth-order valence-corrected chi connectivity index (χ4v) is 5.08. The average Bonchev–Trinajstić information content (AvgIpc) is 2.23. The van der Waals surface area contributed by atoms with E-state index in [-0.39, 0.29) is 13.8 Å². The van der Waals surface area contributed by atoms with Gasteiger partial charge < -0.3 is 15.9 Å². The highest BCUT2D eigenvalue weighted by Gasteiger charge is 2.24. The number of halogens is 2. The Hall–Kier alpha value is -0.190. The Balaban J connectivity index is 3.21. The van der Waals surface area contributed by atoms with Crippen LogP contribution in [-0.4, -0.2) is 37.9 Å². The van der Waals surface area contributed by atoms with Crippen LogP contribution >= 0.6 is 31.9 Å². The van der Waals surface area contributed by atoms with Gasteiger partial charge in [0.2, 0.25) is 10.0 Å². The van der Waals surface area contributed by atoms with Crippen molar-refractivity contribution in [3.8, 4) is 0 Å². The molecule has 0 spiro atoms. The third kappa shape index (κ3) is 3.65. The normalized spacial score (nSPS) is 12.1. The molecule has 1 rings (SSSR count). The van der Waals surface area contributed by atoms with Crippen molar-refractivity contribution in [3.05, 3.63) is 21.1 Å². The maximum Gasteiger partial charge on any atom is 0.243 e. The molecule has 0 amide bonds. The van der Waals surface area contributed by atoms with E-state index in [4.69, 9.17) is 15.9 Å². The molecular formula is C9H12Br2N2O4S. The molecule has 0 saturated carbocycles. The van der Waals surface area contributed by atoms with Gasteiger partial charge in [0.25, 0.3) is 0 Å². The molecule has 0 unspecified atom stereocenters. The van der Waals surface area contributed by atoms with E-state index in [1.165, 1.54) is 12.1 Å². The Morgan fingerprint density at radius 1 is 1.22 bits per heavy atom. The van der Waals surface area contributed by atoms with E-state index >= 15 is 0 Å². The lowest BCUT2D eigenvalue weighted by Gasteiger charge is -2.16. The van der Waals surface area contributed by atoms with Crippen LogP contribution in [0.1, 0.15) is 0 Å². The number of aliphatic hydroxyl groups is 2. The number of aliphatic hydroxyl groups excluding tert-OH is 2. The summed E-state index contributed by atoms with van der Waals surface area (Å²) in [4.78, 5) is -0.0383. The first kappa shape index (κ1) is 15.9. The first-order valence-electron chi connectivity index (χ1n) is 4.80. The van der Waals surface area contributed by atoms with Crippen molar-refractivity contribution in [2.75, 3.05) is 18.9 Å². The van der Waals surface area contributed by atoms with E-state index in [1.807, 2.05) is 0 Å². The molecule has 1 aromatic rings. The predicted octanol–water partition coefficient (Wildman–Crippen LogP) is 0.425. The monoisotopic (exact) mass is 402 g/mol. The van der Waals surface area contributed by atoms with Gasteiger partial charge in [-0.2, -0.15) is 0 Å². The smallest absolute Gasteiger partial charge is 0.243 e. The SMILES string of the molecule is Nc1cc(Br)c(S(=O)(=O)NC(CO)CO)c(Br)c1. The number of benzene rings is 1. The van der Waals surface area contributed by atoms with Gasteiger partial charge >= 0.3 is 0 Å². The molecule has 0 radical (unpaired) electrons. The van der Waals surface area contributed by atoms with Crippen LogP contribution in [0.15, 0.2) is 26.0 Å². The summed E-state index contributed by atoms with van der Waals surface area (Å²) in [5.74, 6) is 0. The van der Waals surface area contributed by atoms with E-state index in [9.17, 15) is 8.42 Å². The van der Waals surface area contributed by atoms with Gasteiger partial charge in [-0.3, -0.25) is 0 Å². The number of sulfonamides is 1. The van der Waals surface area contributed by atoms with Crippen LogP contribution in [0.5, 0.6) is 0 Å². The Kier molecular flexibility index (Phi) is 5.56. The number of nitrogen functional groups attached to an aromatic ring is 1. The second-order valence-electron chi connectivity index (χ2n) is 3.50. The highest BCUT2D eigenvalue weighted by atomic mass is 79.9. The van der Waals surface area contributed by atoms with Gasteiger partial charge in [0.1, 0.15) is 4.90 Å². The summed E-state index contributed by atoms with van der Waals surface area (Å²) >= 11 is 6.23. The molecule has 0 aromatic heterocycles. The minimum atomic E-state index is -3.88. The summed E-state index contributed by atoms with van der Waals surface area (Å²) in [5.41, 5.74) is 5.97. The fourth-order valence-electron chi connectivity index (χ4n) is 1.25. The van der Waals surface area contributed by atoms with Gasteiger partial charge in [-0.25, -0.2) is 13.1 Å². The van der Waals surface area contributed by atoms with Crippen LogP contribution in [0, 0.1) is 0 Å². The third-order valence-electron chi connectivity index (χ3n) is 2.05. The molecule has 1 aromatic carbocycles. The van der Waals surface area contributed by atoms with Crippen LogP contribution < -0.4 is 10.5 Å². The van der Waals surface area contributed by atoms with Gasteiger partial charge in [0.05, 0.1) is 19.3 Å². The summed E-state index contributed by atoms with van der Waals surface area (Å²) in [5, 5.41) is 17.8. The van der Waals surface area contributed by atoms with Crippen molar-refractivity contribution in [1.82, 2.24) is 4.72 Å². The van der Waals surface area contributed by atoms with E-state index in [0.717, 1.165) is 0 Å². The van der Waals surface area contributed by atoms with Crippen LogP contribution in [-0.2, 0) is 10.0 Å². The summed E-state index contributed by atoms with van der Waals surface area (Å²) < 4.78 is 26.9. The minimum Gasteiger partial charge on any atom is -0.399 e. The maximum absolute atomic E-state index is 12.1. The summed E-state index contributed by atoms with van der Waals surface area (Å²) in [6, 6.07) is 1.95. The molecule has 0 bridgehead atoms. The second kappa shape index (κ2) is 6.31. The third-order valence-corrected chi connectivity index (χ3v) is 5.45. The molecule has 18 heavy (non-hydrogen) atoms. The van der Waals surface area contributed by atoms with Gasteiger partial charge in [0.15, 0.2) is 0 Å². The Morgan fingerprint density at radius 2 is 1.67 bits per heavy atom. The van der Waals surface area contributed by atoms with E-state index in [2.05, 4.69) is 36.6 Å². The molecule has 0 atom stereocenters. The number of hydrogen-bond acceptors (Lipinski definition) is 5. The van der Waals surface area contributed by atoms with Gasteiger partial charge in [-0.1, -0.05) is 0 Å². The molecule has 0 aliphatic rings. The zero-order valence-electron chi connectivity index (χ0n) is 9.10. The van der Waals surface area contributed by atoms with Crippen molar-refractivity contribution < 1.29 is 18.6 Å². The highest BCUT2D eigenvalue weighted by molar-refractivity contribution is 9.11. The summed E-state index contributed by atoms with van der Waals surface area (Å²) in [6.07, 6.45) is 0. The zero-order valence-corrected chi connectivity index (χ0v) is 13.1. The molecule has 0 saturated heterocycles. The zero-order chi connectivity index (χ0) is 13.9. The van der Waals surface area contributed by atoms with Gasteiger partial charge in [0, 0.05) is 14.6 Å². The summed E-state index contributed by atoms with van der Waals surface area (Å²) in [6.45, 7) is -1.00. The number of nitrogens with one attached hydrogen (secondary N) is 1. The fraction of sp³-hybridized carbons (Fsp3) is 0.333. The average molecular weight is 404 g/mol. The van der Waals surface area contributed by atoms with Crippen molar-refractivity contribution >= 4 is 47.6 Å². The van der Waals surface area contributed by atoms with Crippen molar-refractivity contribution in [2.45, 2.75) is 10.9 Å². The molecule has 0 fully saturated rings. The van der Waals surface area contributed by atoms with Crippen molar-refractivity contribution in [2.24, 2.45) is 0 Å². The molecule has 6 nitrogen and oxygen atoms in total. The molecule has 102 valence electrons. The van der Waals surface area contributed by atoms with Gasteiger partial charge in [-0.15, -0.1) is 0 Å². The topological polar surface area (TPSA) is 113 Å². The standard InChI is InChI=1S/C9H12Br2N2O4S/c10-7-1-5(12)2-8(11)9(7)18(16,17)13-6(3-14)4-15/h1-2,6,13-15H,3-4,12H2. The lowest BCUT2D eigenvalue weighted by molar-refractivity contribution is 0.185. The molecule has 9 heteroatoms. The Labute approximate surface area is 122 Å². The summed E-state index contributed by atoms with van der Waals surface area (Å²) in [7, 11) is -3.88. The Bertz CT molecular complexity index is 508. The number of anilines is 1. The van der Waals surface area contributed by atoms with Crippen molar-refractivity contribution in [1.29, 1.82) is 0 Å². The van der Waals surface area contributed by atoms with E-state index < -0.39 is 29.3 Å². The van der Waals surface area contributed by atoms with Crippen LogP contribution in [0.2, 0.25) is 0 Å². The first-order chi connectivity index (χ1) is 8.31. The van der Waals surface area contributed by atoms with Crippen LogP contribution in [0.25, 0.3) is 0 Å². The van der Waals surface area contributed by atoms with E-state index in [1.54, 1.807) is 0 Å². The maximum atomic E-state index is 12.1. The first-order valence-corrected chi connectivity index (χ1v) is 7.87. The molecule has 5 N–H and O–H groups in total. The number of hydrogen-bond donors (Lipinski definition) is 4. The van der Waals surface area contributed by atoms with Gasteiger partial charge in [-0.05, 0) is 44.0 Å². The van der Waals surface area contributed by atoms with Crippen molar-refractivity contribution in [3.63, 3.8) is 0 Å². The lowest BCUT2D eigenvalue weighted by atomic mass is 10.3. The Morgan fingerprint density at radius 3 is 2.06 bits per heavy atom. The highest BCUT2D eigenvalue weighted by Crippen LogP contribution is 2.32. The predicted molar refractivity (Wildman–Crippen MR) is 74.5 cm³/mol. The number of rotatable bonds is 5. The molecule has 0 aliphatic carbocycles. The van der Waals surface area contributed by atoms with E-state index in [0.29, 0.717) is 5.69 Å². The molecule has 0 heterocycles. The molecular weight excluding hydrogens is 392 g/mol. The lowest BCUT2D eigenvalue weighted by Crippen LogP contribution is -2.40. The largest absolute Gasteiger partial charge is 0.399 e. The minimum absolute atomic E-state index is 0.0383. The second-order valence-corrected chi connectivity index (χ2v) is 6.86. The van der Waals surface area contributed by atoms with Crippen LogP contribution in [0.3, 0.4) is 0 Å². The quantitative estimate of drug-likeness (QED) is 0.532.